The predicted octanol–water partition coefficient (Wildman–Crippen LogP) is 2.82. The van der Waals surface area contributed by atoms with Gasteiger partial charge in [0.25, 0.3) is 10.0 Å². The van der Waals surface area contributed by atoms with Crippen molar-refractivity contribution in [1.82, 2.24) is 5.32 Å². The van der Waals surface area contributed by atoms with Crippen molar-refractivity contribution in [3.63, 3.8) is 0 Å². The second-order valence-electron chi connectivity index (χ2n) is 7.13. The van der Waals surface area contributed by atoms with Gasteiger partial charge in [-0.2, -0.15) is 0 Å². The lowest BCUT2D eigenvalue weighted by atomic mass is 10.1. The monoisotopic (exact) mass is 421 g/mol. The second kappa shape index (κ2) is 7.46. The lowest BCUT2D eigenvalue weighted by Crippen LogP contribution is -2.43. The number of hydrogen-bond donors (Lipinski definition) is 1. The number of fused-ring (bicyclic) bond motifs is 1. The molecule has 0 aromatic heterocycles. The zero-order valence-electron chi connectivity index (χ0n) is 16.0. The summed E-state index contributed by atoms with van der Waals surface area (Å²) in [4.78, 5) is 2.43. The van der Waals surface area contributed by atoms with E-state index < -0.39 is 10.0 Å². The van der Waals surface area contributed by atoms with Gasteiger partial charge in [-0.15, -0.1) is 0 Å². The molecule has 4 rings (SSSR count). The molecule has 2 aromatic carbocycles. The van der Waals surface area contributed by atoms with Crippen molar-refractivity contribution in [2.75, 3.05) is 49.0 Å². The Bertz CT molecular complexity index is 1000. The third-order valence-corrected chi connectivity index (χ3v) is 7.63. The topological polar surface area (TPSA) is 61.9 Å². The first-order valence-electron chi connectivity index (χ1n) is 9.37. The summed E-state index contributed by atoms with van der Waals surface area (Å²) in [5, 5.41) is 3.89. The summed E-state index contributed by atoms with van der Waals surface area (Å²) in [5.41, 5.74) is 3.47. The van der Waals surface area contributed by atoms with Gasteiger partial charge in [0.15, 0.2) is 0 Å². The number of rotatable bonds is 4. The van der Waals surface area contributed by atoms with E-state index in [1.54, 1.807) is 31.4 Å². The molecule has 6 nitrogen and oxygen atoms in total. The molecule has 1 N–H and O–H groups in total. The Morgan fingerprint density at radius 1 is 1.07 bits per heavy atom. The summed E-state index contributed by atoms with van der Waals surface area (Å²) in [6.45, 7) is 5.69. The second-order valence-corrected chi connectivity index (χ2v) is 9.40. The van der Waals surface area contributed by atoms with E-state index in [1.807, 2.05) is 13.0 Å². The van der Waals surface area contributed by atoms with Crippen molar-refractivity contribution in [2.45, 2.75) is 18.2 Å². The van der Waals surface area contributed by atoms with Crippen LogP contribution in [-0.2, 0) is 16.4 Å². The van der Waals surface area contributed by atoms with Gasteiger partial charge in [-0.1, -0.05) is 17.7 Å². The summed E-state index contributed by atoms with van der Waals surface area (Å²) >= 11 is 6.27. The zero-order chi connectivity index (χ0) is 19.9. The van der Waals surface area contributed by atoms with Crippen LogP contribution in [-0.4, -0.2) is 48.3 Å². The molecule has 150 valence electrons. The third-order valence-electron chi connectivity index (χ3n) is 5.41. The molecule has 2 aromatic rings. The van der Waals surface area contributed by atoms with Crippen LogP contribution in [0.1, 0.15) is 11.1 Å². The van der Waals surface area contributed by atoms with E-state index in [9.17, 15) is 8.42 Å². The number of benzene rings is 2. The molecule has 2 heterocycles. The van der Waals surface area contributed by atoms with E-state index >= 15 is 0 Å². The Morgan fingerprint density at radius 2 is 1.82 bits per heavy atom. The zero-order valence-corrected chi connectivity index (χ0v) is 17.6. The van der Waals surface area contributed by atoms with Crippen LogP contribution in [0.25, 0.3) is 0 Å². The molecule has 0 aliphatic carbocycles. The SMILES string of the molecule is COc1ccc(S(=O)(=O)N2CCc3cc(C)c(Cl)cc32)cc1N1CCNCC1. The summed E-state index contributed by atoms with van der Waals surface area (Å²) in [6.07, 6.45) is 0.688. The number of methoxy groups -OCH3 is 1. The highest BCUT2D eigenvalue weighted by Gasteiger charge is 2.32. The molecule has 0 unspecified atom stereocenters. The summed E-state index contributed by atoms with van der Waals surface area (Å²) in [5.74, 6) is 0.682. The molecular weight excluding hydrogens is 398 g/mol. The van der Waals surface area contributed by atoms with Crippen LogP contribution in [0.4, 0.5) is 11.4 Å². The Balaban J connectivity index is 1.74. The molecule has 0 bridgehead atoms. The van der Waals surface area contributed by atoms with Gasteiger partial charge in [0, 0.05) is 37.7 Å². The fourth-order valence-electron chi connectivity index (χ4n) is 3.87. The number of aryl methyl sites for hydroxylation is 1. The Kier molecular flexibility index (Phi) is 5.16. The average Bonchev–Trinajstić information content (AvgIpc) is 3.11. The Hall–Kier alpha value is -1.96. The smallest absolute Gasteiger partial charge is 0.264 e. The molecule has 2 aliphatic heterocycles. The number of nitrogens with zero attached hydrogens (tertiary/aromatic N) is 2. The van der Waals surface area contributed by atoms with Crippen molar-refractivity contribution in [2.24, 2.45) is 0 Å². The first kappa shape index (κ1) is 19.4. The van der Waals surface area contributed by atoms with Gasteiger partial charge in [0.2, 0.25) is 0 Å². The molecular formula is C20H24ClN3O3S. The van der Waals surface area contributed by atoms with Gasteiger partial charge in [-0.25, -0.2) is 8.42 Å². The highest BCUT2D eigenvalue weighted by Crippen LogP contribution is 2.38. The van der Waals surface area contributed by atoms with Crippen LogP contribution >= 0.6 is 11.6 Å². The number of nitrogens with one attached hydrogen (secondary N) is 1. The number of anilines is 2. The van der Waals surface area contributed by atoms with Gasteiger partial charge in [-0.05, 0) is 48.7 Å². The lowest BCUT2D eigenvalue weighted by molar-refractivity contribution is 0.412. The van der Waals surface area contributed by atoms with Crippen LogP contribution in [0.5, 0.6) is 5.75 Å². The molecule has 0 atom stereocenters. The fraction of sp³-hybridized carbons (Fsp3) is 0.400. The number of halogens is 1. The summed E-state index contributed by atoms with van der Waals surface area (Å²) < 4.78 is 33.8. The first-order valence-corrected chi connectivity index (χ1v) is 11.2. The minimum Gasteiger partial charge on any atom is -0.495 e. The molecule has 1 saturated heterocycles. The predicted molar refractivity (Wildman–Crippen MR) is 113 cm³/mol. The molecule has 0 amide bonds. The van der Waals surface area contributed by atoms with Crippen LogP contribution < -0.4 is 19.3 Å². The highest BCUT2D eigenvalue weighted by atomic mass is 35.5. The maximum atomic E-state index is 13.4. The van der Waals surface area contributed by atoms with Crippen molar-refractivity contribution in [1.29, 1.82) is 0 Å². The van der Waals surface area contributed by atoms with E-state index in [-0.39, 0.29) is 4.90 Å². The minimum atomic E-state index is -3.69. The number of hydrogen-bond acceptors (Lipinski definition) is 5. The van der Waals surface area contributed by atoms with E-state index in [1.165, 1.54) is 4.31 Å². The number of piperazine rings is 1. The third kappa shape index (κ3) is 3.32. The van der Waals surface area contributed by atoms with E-state index in [0.717, 1.165) is 43.0 Å². The molecule has 0 radical (unpaired) electrons. The fourth-order valence-corrected chi connectivity index (χ4v) is 5.54. The number of sulfonamides is 1. The lowest BCUT2D eigenvalue weighted by Gasteiger charge is -2.31. The van der Waals surface area contributed by atoms with Gasteiger partial charge in [-0.3, -0.25) is 4.31 Å². The van der Waals surface area contributed by atoms with E-state index in [0.29, 0.717) is 29.4 Å². The quantitative estimate of drug-likeness (QED) is 0.822. The first-order chi connectivity index (χ1) is 13.4. The summed E-state index contributed by atoms with van der Waals surface area (Å²) in [6, 6.07) is 8.83. The van der Waals surface area contributed by atoms with Crippen LogP contribution in [0, 0.1) is 6.92 Å². The number of ether oxygens (including phenoxy) is 1. The maximum absolute atomic E-state index is 13.4. The molecule has 2 aliphatic rings. The van der Waals surface area contributed by atoms with E-state index in [2.05, 4.69) is 10.2 Å². The van der Waals surface area contributed by atoms with Crippen molar-refractivity contribution >= 4 is 33.0 Å². The standard InChI is InChI=1S/C20H24ClN3O3S/c1-14-11-15-5-8-24(18(15)13-17(14)21)28(25,26)16-3-4-20(27-2)19(12-16)23-9-6-22-7-10-23/h3-4,11-13,22H,5-10H2,1-2H3. The minimum absolute atomic E-state index is 0.270. The maximum Gasteiger partial charge on any atom is 0.264 e. The Morgan fingerprint density at radius 3 is 2.54 bits per heavy atom. The van der Waals surface area contributed by atoms with Crippen LogP contribution in [0.3, 0.4) is 0 Å². The van der Waals surface area contributed by atoms with Crippen molar-refractivity contribution in [3.05, 3.63) is 46.5 Å². The highest BCUT2D eigenvalue weighted by molar-refractivity contribution is 7.92. The van der Waals surface area contributed by atoms with Gasteiger partial charge in [0.1, 0.15) is 5.75 Å². The largest absolute Gasteiger partial charge is 0.495 e. The van der Waals surface area contributed by atoms with Crippen LogP contribution in [0.2, 0.25) is 5.02 Å². The normalized spacial score (nSPS) is 17.0. The van der Waals surface area contributed by atoms with Crippen molar-refractivity contribution in [3.8, 4) is 5.75 Å². The average molecular weight is 422 g/mol. The van der Waals surface area contributed by atoms with Crippen LogP contribution in [0.15, 0.2) is 35.2 Å². The molecule has 1 fully saturated rings. The van der Waals surface area contributed by atoms with Gasteiger partial charge in [0.05, 0.1) is 23.4 Å². The molecule has 8 heteroatoms. The van der Waals surface area contributed by atoms with Crippen molar-refractivity contribution < 1.29 is 13.2 Å². The molecule has 0 spiro atoms. The summed E-state index contributed by atoms with van der Waals surface area (Å²) in [7, 11) is -2.08. The van der Waals surface area contributed by atoms with E-state index in [4.69, 9.17) is 16.3 Å². The Labute approximate surface area is 171 Å². The van der Waals surface area contributed by atoms with Gasteiger partial charge < -0.3 is 15.0 Å². The van der Waals surface area contributed by atoms with Gasteiger partial charge >= 0.3 is 0 Å². The molecule has 0 saturated carbocycles. The molecule has 28 heavy (non-hydrogen) atoms.